The summed E-state index contributed by atoms with van der Waals surface area (Å²) in [5.74, 6) is 0.260. The van der Waals surface area contributed by atoms with Gasteiger partial charge in [0.1, 0.15) is 5.65 Å². The molecule has 6 nitrogen and oxygen atoms in total. The van der Waals surface area contributed by atoms with Crippen LogP contribution in [0, 0.1) is 6.92 Å². The molecule has 2 aliphatic heterocycles. The largest absolute Gasteiger partial charge is 0.341 e. The van der Waals surface area contributed by atoms with Gasteiger partial charge >= 0.3 is 0 Å². The molecule has 6 heteroatoms. The number of carbonyl (C=O) groups is 1. The number of hydrogen-bond donors (Lipinski definition) is 0. The highest BCUT2D eigenvalue weighted by Gasteiger charge is 2.33. The average Bonchev–Trinajstić information content (AvgIpc) is 3.17. The van der Waals surface area contributed by atoms with Crippen molar-refractivity contribution >= 4 is 11.6 Å². The maximum Gasteiger partial charge on any atom is 0.258 e. The third-order valence-electron chi connectivity index (χ3n) is 5.54. The number of fused-ring (bicyclic) bond motifs is 1. The fourth-order valence-electron chi connectivity index (χ4n) is 4.16. The number of nitrogens with zero attached hydrogens (tertiary/aromatic N) is 4. The molecule has 0 saturated carbocycles. The minimum Gasteiger partial charge on any atom is -0.341 e. The van der Waals surface area contributed by atoms with Gasteiger partial charge in [-0.25, -0.2) is 4.98 Å². The average molecular weight is 354 g/mol. The van der Waals surface area contributed by atoms with Gasteiger partial charge in [-0.2, -0.15) is 0 Å². The molecular weight excluding hydrogens is 328 g/mol. The van der Waals surface area contributed by atoms with E-state index < -0.39 is 0 Å². The summed E-state index contributed by atoms with van der Waals surface area (Å²) in [6.07, 6.45) is 7.13. The first-order valence-electron chi connectivity index (χ1n) is 9.63. The minimum atomic E-state index is -0.0693. The Kier molecular flexibility index (Phi) is 4.76. The summed E-state index contributed by atoms with van der Waals surface area (Å²) < 4.78 is 1.59. The van der Waals surface area contributed by atoms with Gasteiger partial charge in [0, 0.05) is 31.9 Å². The molecule has 0 aliphatic carbocycles. The van der Waals surface area contributed by atoms with Gasteiger partial charge in [0.15, 0.2) is 0 Å². The Morgan fingerprint density at radius 2 is 1.92 bits per heavy atom. The SMILES string of the molecule is Cc1ccc2nc(CN3CCCC[C@@H]3C(=O)N3CCCC3)cc(=O)n2c1. The van der Waals surface area contributed by atoms with E-state index in [0.29, 0.717) is 12.2 Å². The summed E-state index contributed by atoms with van der Waals surface area (Å²) in [6.45, 7) is 5.18. The van der Waals surface area contributed by atoms with E-state index in [2.05, 4.69) is 9.88 Å². The van der Waals surface area contributed by atoms with Gasteiger partial charge < -0.3 is 4.90 Å². The Bertz CT molecular complexity index is 870. The Hall–Kier alpha value is -2.21. The summed E-state index contributed by atoms with van der Waals surface area (Å²) in [7, 11) is 0. The van der Waals surface area contributed by atoms with Crippen LogP contribution in [0.15, 0.2) is 29.2 Å². The normalized spacial score (nSPS) is 21.4. The number of piperidine rings is 1. The van der Waals surface area contributed by atoms with Crippen LogP contribution in [0.3, 0.4) is 0 Å². The van der Waals surface area contributed by atoms with Crippen molar-refractivity contribution < 1.29 is 4.79 Å². The summed E-state index contributed by atoms with van der Waals surface area (Å²) in [6, 6.07) is 5.38. The molecule has 0 spiro atoms. The molecule has 0 bridgehead atoms. The molecule has 2 fully saturated rings. The van der Waals surface area contributed by atoms with Crippen LogP contribution in [0.1, 0.15) is 43.4 Å². The molecule has 26 heavy (non-hydrogen) atoms. The summed E-state index contributed by atoms with van der Waals surface area (Å²) >= 11 is 0. The highest BCUT2D eigenvalue weighted by atomic mass is 16.2. The van der Waals surface area contributed by atoms with Crippen molar-refractivity contribution in [2.24, 2.45) is 0 Å². The van der Waals surface area contributed by atoms with Gasteiger partial charge in [-0.1, -0.05) is 12.5 Å². The van der Waals surface area contributed by atoms with Crippen LogP contribution >= 0.6 is 0 Å². The highest BCUT2D eigenvalue weighted by Crippen LogP contribution is 2.22. The lowest BCUT2D eigenvalue weighted by Crippen LogP contribution is -2.50. The van der Waals surface area contributed by atoms with Crippen LogP contribution in [0.2, 0.25) is 0 Å². The standard InChI is InChI=1S/C20H26N4O2/c1-15-7-8-18-21-16(12-19(25)24(18)13-15)14-23-11-3-2-6-17(23)20(26)22-9-4-5-10-22/h7-8,12-13,17H,2-6,9-11,14H2,1H3/t17-/m1/s1. The molecule has 0 radical (unpaired) electrons. The summed E-state index contributed by atoms with van der Waals surface area (Å²) in [4.78, 5) is 34.2. The number of hydrogen-bond acceptors (Lipinski definition) is 4. The maximum absolute atomic E-state index is 12.9. The number of aryl methyl sites for hydroxylation is 1. The van der Waals surface area contributed by atoms with Crippen LogP contribution < -0.4 is 5.56 Å². The Morgan fingerprint density at radius 1 is 1.15 bits per heavy atom. The molecule has 138 valence electrons. The molecule has 1 amide bonds. The third kappa shape index (κ3) is 3.38. The van der Waals surface area contributed by atoms with Crippen molar-refractivity contribution in [3.05, 3.63) is 46.0 Å². The van der Waals surface area contributed by atoms with Crippen LogP contribution in [-0.2, 0) is 11.3 Å². The fraction of sp³-hybridized carbons (Fsp3) is 0.550. The molecule has 4 rings (SSSR count). The quantitative estimate of drug-likeness (QED) is 0.846. The van der Waals surface area contributed by atoms with E-state index in [-0.39, 0.29) is 17.5 Å². The molecule has 4 heterocycles. The number of carbonyl (C=O) groups excluding carboxylic acids is 1. The second-order valence-electron chi connectivity index (χ2n) is 7.53. The first kappa shape index (κ1) is 17.2. The van der Waals surface area contributed by atoms with Crippen molar-refractivity contribution in [2.45, 2.75) is 51.6 Å². The molecule has 1 atom stereocenters. The Morgan fingerprint density at radius 3 is 2.73 bits per heavy atom. The first-order valence-corrected chi connectivity index (χ1v) is 9.63. The van der Waals surface area contributed by atoms with Crippen molar-refractivity contribution in [1.82, 2.24) is 19.2 Å². The molecule has 2 aromatic rings. The van der Waals surface area contributed by atoms with Crippen molar-refractivity contribution in [2.75, 3.05) is 19.6 Å². The van der Waals surface area contributed by atoms with E-state index in [4.69, 9.17) is 0 Å². The fourth-order valence-corrected chi connectivity index (χ4v) is 4.16. The Labute approximate surface area is 153 Å². The zero-order valence-electron chi connectivity index (χ0n) is 15.4. The number of pyridine rings is 1. The lowest BCUT2D eigenvalue weighted by molar-refractivity contribution is -0.137. The third-order valence-corrected chi connectivity index (χ3v) is 5.54. The van der Waals surface area contributed by atoms with Crippen LogP contribution in [-0.4, -0.2) is 50.8 Å². The Balaban J connectivity index is 1.58. The van der Waals surface area contributed by atoms with Crippen LogP contribution in [0.25, 0.3) is 5.65 Å². The molecule has 2 saturated heterocycles. The topological polar surface area (TPSA) is 57.9 Å². The van der Waals surface area contributed by atoms with Gasteiger partial charge in [-0.15, -0.1) is 0 Å². The van der Waals surface area contributed by atoms with E-state index in [1.54, 1.807) is 10.5 Å². The lowest BCUT2D eigenvalue weighted by atomic mass is 10.0. The van der Waals surface area contributed by atoms with E-state index in [0.717, 1.165) is 63.0 Å². The molecule has 0 unspecified atom stereocenters. The van der Waals surface area contributed by atoms with E-state index >= 15 is 0 Å². The van der Waals surface area contributed by atoms with E-state index in [9.17, 15) is 9.59 Å². The van der Waals surface area contributed by atoms with Crippen molar-refractivity contribution in [1.29, 1.82) is 0 Å². The zero-order chi connectivity index (χ0) is 18.1. The predicted octanol–water partition coefficient (Wildman–Crippen LogP) is 1.98. The number of amides is 1. The summed E-state index contributed by atoms with van der Waals surface area (Å²) in [5.41, 5.74) is 2.38. The first-order chi connectivity index (χ1) is 12.6. The zero-order valence-corrected chi connectivity index (χ0v) is 15.4. The van der Waals surface area contributed by atoms with Gasteiger partial charge in [0.2, 0.25) is 5.91 Å². The van der Waals surface area contributed by atoms with E-state index in [1.807, 2.05) is 30.2 Å². The molecule has 0 aromatic carbocycles. The second kappa shape index (κ2) is 7.19. The maximum atomic E-state index is 12.9. The highest BCUT2D eigenvalue weighted by molar-refractivity contribution is 5.82. The van der Waals surface area contributed by atoms with Gasteiger partial charge in [0.25, 0.3) is 5.56 Å². The molecular formula is C20H26N4O2. The lowest BCUT2D eigenvalue weighted by Gasteiger charge is -2.36. The monoisotopic (exact) mass is 354 g/mol. The minimum absolute atomic E-state index is 0.0619. The predicted molar refractivity (Wildman–Crippen MR) is 100 cm³/mol. The van der Waals surface area contributed by atoms with Crippen molar-refractivity contribution in [3.63, 3.8) is 0 Å². The van der Waals surface area contributed by atoms with Gasteiger partial charge in [0.05, 0.1) is 11.7 Å². The molecule has 2 aliphatic rings. The van der Waals surface area contributed by atoms with Crippen LogP contribution in [0.4, 0.5) is 0 Å². The van der Waals surface area contributed by atoms with Gasteiger partial charge in [-0.3, -0.25) is 18.9 Å². The smallest absolute Gasteiger partial charge is 0.258 e. The second-order valence-corrected chi connectivity index (χ2v) is 7.53. The van der Waals surface area contributed by atoms with Gasteiger partial charge in [-0.05, 0) is 50.8 Å². The summed E-state index contributed by atoms with van der Waals surface area (Å²) in [5, 5.41) is 0. The number of rotatable bonds is 3. The van der Waals surface area contributed by atoms with Crippen LogP contribution in [0.5, 0.6) is 0 Å². The number of likely N-dealkylation sites (tertiary alicyclic amines) is 2. The van der Waals surface area contributed by atoms with E-state index in [1.165, 1.54) is 0 Å². The molecule has 0 N–H and O–H groups in total. The number of aromatic nitrogens is 2. The molecule has 2 aromatic heterocycles. The van der Waals surface area contributed by atoms with Crippen molar-refractivity contribution in [3.8, 4) is 0 Å².